The van der Waals surface area contributed by atoms with Crippen LogP contribution in [0.4, 0.5) is 28.0 Å². The Hall–Kier alpha value is -2.58. The highest BCUT2D eigenvalue weighted by molar-refractivity contribution is 7.92. The van der Waals surface area contributed by atoms with E-state index in [9.17, 15) is 35.9 Å². The summed E-state index contributed by atoms with van der Waals surface area (Å²) < 4.78 is 72.2. The number of carboxylic acids is 1. The lowest BCUT2D eigenvalue weighted by molar-refractivity contribution is -0.192. The Kier molecular flexibility index (Phi) is 9.20. The fourth-order valence-corrected chi connectivity index (χ4v) is 7.31. The van der Waals surface area contributed by atoms with E-state index in [2.05, 4.69) is 16.7 Å². The van der Waals surface area contributed by atoms with Gasteiger partial charge in [-0.3, -0.25) is 4.90 Å². The number of carboxylic acid groups (broad SMARTS) is 1. The summed E-state index contributed by atoms with van der Waals surface area (Å²) in [4.78, 5) is 22.9. The summed E-state index contributed by atoms with van der Waals surface area (Å²) in [6, 6.07) is 1.98. The summed E-state index contributed by atoms with van der Waals surface area (Å²) in [6.45, 7) is 2.76. The van der Waals surface area contributed by atoms with Gasteiger partial charge in [-0.1, -0.05) is 23.3 Å². The number of rotatable bonds is 4. The van der Waals surface area contributed by atoms with E-state index < -0.39 is 45.2 Å². The third-order valence-electron chi connectivity index (χ3n) is 6.82. The number of fused-ring (bicyclic) bond motifs is 1. The summed E-state index contributed by atoms with van der Waals surface area (Å²) in [7, 11) is -3.98. The van der Waals surface area contributed by atoms with Gasteiger partial charge in [0, 0.05) is 12.6 Å². The van der Waals surface area contributed by atoms with Gasteiger partial charge >= 0.3 is 18.2 Å². The second kappa shape index (κ2) is 11.7. The number of piperidine rings is 1. The van der Waals surface area contributed by atoms with E-state index in [1.165, 1.54) is 12.1 Å². The molecule has 4 atom stereocenters. The van der Waals surface area contributed by atoms with E-state index in [1.54, 1.807) is 0 Å². The number of aromatic hydroxyl groups is 1. The topological polar surface area (TPSA) is 136 Å². The number of phenolic OH excluding ortho intramolecular Hbond substituents is 1. The van der Waals surface area contributed by atoms with Crippen LogP contribution in [0.5, 0.6) is 5.75 Å². The highest BCUT2D eigenvalue weighted by Gasteiger charge is 2.43. The number of carbonyl (C=O) groups excluding carboxylic acids is 1. The van der Waals surface area contributed by atoms with Crippen molar-refractivity contribution >= 4 is 39.1 Å². The van der Waals surface area contributed by atoms with Gasteiger partial charge in [0.25, 0.3) is 0 Å². The second-order valence-corrected chi connectivity index (χ2v) is 12.0. The number of nitrogens with zero attached hydrogens (tertiary/aromatic N) is 1. The smallest absolute Gasteiger partial charge is 0.490 e. The molecular formula is C23H28ClF4N3O6S. The molecule has 15 heteroatoms. The van der Waals surface area contributed by atoms with Crippen molar-refractivity contribution in [1.29, 1.82) is 0 Å². The van der Waals surface area contributed by atoms with Gasteiger partial charge in [0.05, 0.1) is 22.0 Å². The number of halogens is 5. The van der Waals surface area contributed by atoms with Crippen LogP contribution in [0.1, 0.15) is 39.0 Å². The summed E-state index contributed by atoms with van der Waals surface area (Å²) in [5.41, 5.74) is 1.04. The van der Waals surface area contributed by atoms with Gasteiger partial charge in [-0.25, -0.2) is 22.4 Å². The molecule has 2 fully saturated rings. The highest BCUT2D eigenvalue weighted by Crippen LogP contribution is 2.42. The summed E-state index contributed by atoms with van der Waals surface area (Å²) >= 11 is 6.19. The predicted octanol–water partition coefficient (Wildman–Crippen LogP) is 4.26. The molecular weight excluding hydrogens is 558 g/mol. The number of phenols is 1. The molecule has 2 amide bonds. The summed E-state index contributed by atoms with van der Waals surface area (Å²) in [6.07, 6.45) is -1.33. The molecule has 0 saturated carbocycles. The summed E-state index contributed by atoms with van der Waals surface area (Å²) in [5, 5.41) is 22.3. The lowest BCUT2D eigenvalue weighted by Gasteiger charge is -2.34. The van der Waals surface area contributed by atoms with Crippen LogP contribution in [0.3, 0.4) is 0 Å². The van der Waals surface area contributed by atoms with Crippen molar-refractivity contribution < 1.29 is 45.8 Å². The SMILES string of the molecule is CC1=CCC[C@H]1NC(=O)Nc1ccc(Cl)c(S(=O)(=O)C2CCN3C[C@@H](F)C[C@H]3C2)c1O.O=C(O)C(F)(F)F. The molecule has 2 heterocycles. The zero-order valence-electron chi connectivity index (χ0n) is 20.3. The Bertz CT molecular complexity index is 1210. The highest BCUT2D eigenvalue weighted by atomic mass is 35.5. The number of benzene rings is 1. The van der Waals surface area contributed by atoms with Gasteiger partial charge in [0.2, 0.25) is 0 Å². The van der Waals surface area contributed by atoms with Crippen LogP contribution in [0.25, 0.3) is 0 Å². The average molecular weight is 586 g/mol. The Labute approximate surface area is 221 Å². The molecule has 212 valence electrons. The lowest BCUT2D eigenvalue weighted by atomic mass is 10.0. The molecule has 1 aliphatic carbocycles. The maximum atomic E-state index is 13.7. The minimum Gasteiger partial charge on any atom is -0.504 e. The van der Waals surface area contributed by atoms with Crippen LogP contribution in [0, 0.1) is 0 Å². The second-order valence-electron chi connectivity index (χ2n) is 9.43. The van der Waals surface area contributed by atoms with Gasteiger partial charge in [-0.05, 0) is 57.7 Å². The first-order chi connectivity index (χ1) is 17.6. The molecule has 0 radical (unpaired) electrons. The molecule has 2 saturated heterocycles. The summed E-state index contributed by atoms with van der Waals surface area (Å²) in [5.74, 6) is -3.33. The largest absolute Gasteiger partial charge is 0.504 e. The van der Waals surface area contributed by atoms with Crippen LogP contribution < -0.4 is 10.6 Å². The van der Waals surface area contributed by atoms with Gasteiger partial charge in [0.15, 0.2) is 15.6 Å². The molecule has 1 aromatic carbocycles. The number of anilines is 1. The van der Waals surface area contributed by atoms with Crippen molar-refractivity contribution in [3.8, 4) is 5.75 Å². The standard InChI is InChI=1S/C21H27ClFN3O4S.C2HF3O2/c1-12-3-2-4-17(12)24-21(28)25-18-6-5-16(22)20(19(18)27)31(29,30)15-7-8-26-11-13(23)9-14(26)10-15;3-2(4,5)1(6)7/h3,5-6,13-15,17,27H,2,4,7-11H2,1H3,(H2,24,25,28);(H,6,7)/t13-,14-,15?,17+;/m0./s1. The third kappa shape index (κ3) is 6.89. The number of hydrogen-bond donors (Lipinski definition) is 4. The Balaban J connectivity index is 0.000000505. The molecule has 1 aromatic rings. The molecule has 4 rings (SSSR count). The predicted molar refractivity (Wildman–Crippen MR) is 131 cm³/mol. The fraction of sp³-hybridized carbons (Fsp3) is 0.565. The normalized spacial score (nSPS) is 25.6. The van der Waals surface area contributed by atoms with E-state index in [4.69, 9.17) is 21.5 Å². The van der Waals surface area contributed by atoms with Gasteiger partial charge in [-0.2, -0.15) is 13.2 Å². The number of sulfone groups is 1. The first kappa shape index (κ1) is 30.0. The average Bonchev–Trinajstić information content (AvgIpc) is 3.38. The number of alkyl halides is 4. The molecule has 4 N–H and O–H groups in total. The Morgan fingerprint density at radius 3 is 2.42 bits per heavy atom. The zero-order chi connectivity index (χ0) is 28.4. The van der Waals surface area contributed by atoms with Gasteiger partial charge < -0.3 is 20.8 Å². The number of hydrogen-bond acceptors (Lipinski definition) is 6. The number of nitrogens with one attached hydrogen (secondary N) is 2. The van der Waals surface area contributed by atoms with Crippen LogP contribution >= 0.6 is 11.6 Å². The number of allylic oxidation sites excluding steroid dienone is 1. The maximum absolute atomic E-state index is 13.7. The van der Waals surface area contributed by atoms with Crippen molar-refractivity contribution in [2.45, 2.75) is 73.6 Å². The van der Waals surface area contributed by atoms with E-state index in [0.29, 0.717) is 32.4 Å². The van der Waals surface area contributed by atoms with Crippen molar-refractivity contribution in [3.63, 3.8) is 0 Å². The van der Waals surface area contributed by atoms with Gasteiger partial charge in [0.1, 0.15) is 11.1 Å². The molecule has 3 aliphatic rings. The zero-order valence-corrected chi connectivity index (χ0v) is 21.8. The molecule has 0 bridgehead atoms. The molecule has 2 aliphatic heterocycles. The number of aliphatic carboxylic acids is 1. The molecule has 38 heavy (non-hydrogen) atoms. The number of amides is 2. The first-order valence-corrected chi connectivity index (χ1v) is 13.7. The van der Waals surface area contributed by atoms with E-state index in [0.717, 1.165) is 18.4 Å². The molecule has 0 spiro atoms. The van der Waals surface area contributed by atoms with Gasteiger partial charge in [-0.15, -0.1) is 0 Å². The number of urea groups is 1. The van der Waals surface area contributed by atoms with Crippen molar-refractivity contribution in [2.75, 3.05) is 18.4 Å². The maximum Gasteiger partial charge on any atom is 0.490 e. The van der Waals surface area contributed by atoms with Crippen molar-refractivity contribution in [3.05, 3.63) is 28.8 Å². The fourth-order valence-electron chi connectivity index (χ4n) is 4.89. The monoisotopic (exact) mass is 585 g/mol. The molecule has 0 aromatic heterocycles. The van der Waals surface area contributed by atoms with E-state index in [-0.39, 0.29) is 27.7 Å². The minimum absolute atomic E-state index is 0.0257. The third-order valence-corrected chi connectivity index (χ3v) is 9.54. The Morgan fingerprint density at radius 2 is 1.84 bits per heavy atom. The van der Waals surface area contributed by atoms with E-state index >= 15 is 0 Å². The van der Waals surface area contributed by atoms with Crippen molar-refractivity contribution in [1.82, 2.24) is 10.2 Å². The van der Waals surface area contributed by atoms with Crippen LogP contribution in [0.2, 0.25) is 5.02 Å². The van der Waals surface area contributed by atoms with E-state index in [1.807, 2.05) is 11.8 Å². The van der Waals surface area contributed by atoms with Crippen LogP contribution in [-0.4, -0.2) is 78.3 Å². The number of carbonyl (C=O) groups is 2. The van der Waals surface area contributed by atoms with Crippen LogP contribution in [0.15, 0.2) is 28.7 Å². The van der Waals surface area contributed by atoms with Crippen LogP contribution in [-0.2, 0) is 14.6 Å². The first-order valence-electron chi connectivity index (χ1n) is 11.8. The quantitative estimate of drug-likeness (QED) is 0.235. The minimum atomic E-state index is -5.08. The molecule has 1 unspecified atom stereocenters. The lowest BCUT2D eigenvalue weighted by Crippen LogP contribution is -2.43. The Morgan fingerprint density at radius 1 is 1.18 bits per heavy atom. The molecule has 9 nitrogen and oxygen atoms in total. The van der Waals surface area contributed by atoms with Crippen molar-refractivity contribution in [2.24, 2.45) is 0 Å².